The highest BCUT2D eigenvalue weighted by Gasteiger charge is 2.29. The molecule has 1 fully saturated rings. The Bertz CT molecular complexity index is 187. The largest absolute Gasteiger partial charge is 0.303 e. The lowest BCUT2D eigenvalue weighted by molar-refractivity contribution is -0.129. The second kappa shape index (κ2) is 5.15. The Morgan fingerprint density at radius 2 is 2.31 bits per heavy atom. The predicted octanol–water partition coefficient (Wildman–Crippen LogP) is 2.36. The fraction of sp³-hybridized carbons (Fsp3) is 0.818. The molecule has 0 aromatic carbocycles. The molecule has 2 atom stereocenters. The minimum Gasteiger partial charge on any atom is -0.303 e. The van der Waals surface area contributed by atoms with Gasteiger partial charge in [0.05, 0.1) is 0 Å². The van der Waals surface area contributed by atoms with E-state index in [0.29, 0.717) is 12.2 Å². The Morgan fingerprint density at radius 1 is 1.54 bits per heavy atom. The number of hydrogen-bond acceptors (Lipinski definition) is 2. The van der Waals surface area contributed by atoms with Gasteiger partial charge < -0.3 is 4.79 Å². The molecule has 0 aliphatic heterocycles. The van der Waals surface area contributed by atoms with Crippen LogP contribution in [0.25, 0.3) is 0 Å². The second-order valence-corrected chi connectivity index (χ2v) is 3.91. The average Bonchev–Trinajstić information content (AvgIpc) is 2.16. The first-order valence-electron chi connectivity index (χ1n) is 5.27. The molecule has 0 amide bonds. The molecule has 1 rings (SSSR count). The fourth-order valence-electron chi connectivity index (χ4n) is 2.16. The van der Waals surface area contributed by atoms with Crippen LogP contribution in [0.1, 0.15) is 45.4 Å². The van der Waals surface area contributed by atoms with Crippen molar-refractivity contribution < 1.29 is 9.59 Å². The second-order valence-electron chi connectivity index (χ2n) is 3.91. The van der Waals surface area contributed by atoms with E-state index < -0.39 is 0 Å². The summed E-state index contributed by atoms with van der Waals surface area (Å²) in [6.45, 7) is 2.06. The maximum atomic E-state index is 11.5. The summed E-state index contributed by atoms with van der Waals surface area (Å²) >= 11 is 0. The van der Waals surface area contributed by atoms with E-state index in [4.69, 9.17) is 0 Å². The average molecular weight is 182 g/mol. The van der Waals surface area contributed by atoms with Gasteiger partial charge in [-0.3, -0.25) is 4.79 Å². The molecule has 2 unspecified atom stereocenters. The third-order valence-electron chi connectivity index (χ3n) is 2.92. The van der Waals surface area contributed by atoms with Crippen molar-refractivity contribution in [2.24, 2.45) is 11.8 Å². The van der Waals surface area contributed by atoms with Gasteiger partial charge in [-0.2, -0.15) is 0 Å². The van der Waals surface area contributed by atoms with Crippen molar-refractivity contribution in [1.82, 2.24) is 0 Å². The van der Waals surface area contributed by atoms with Crippen molar-refractivity contribution in [2.75, 3.05) is 0 Å². The molecule has 0 aromatic heterocycles. The quantitative estimate of drug-likeness (QED) is 0.625. The van der Waals surface area contributed by atoms with Crippen molar-refractivity contribution >= 4 is 12.1 Å². The number of rotatable bonds is 4. The lowest BCUT2D eigenvalue weighted by Gasteiger charge is -2.24. The number of carbonyl (C=O) groups excluding carboxylic acids is 2. The van der Waals surface area contributed by atoms with Gasteiger partial charge in [0.2, 0.25) is 0 Å². The number of hydrogen-bond donors (Lipinski definition) is 0. The van der Waals surface area contributed by atoms with Crippen molar-refractivity contribution in [2.45, 2.75) is 45.4 Å². The summed E-state index contributed by atoms with van der Waals surface area (Å²) in [5, 5.41) is 0. The Balaban J connectivity index is 2.54. The first-order chi connectivity index (χ1) is 6.29. The summed E-state index contributed by atoms with van der Waals surface area (Å²) < 4.78 is 0. The van der Waals surface area contributed by atoms with Crippen molar-refractivity contribution in [3.05, 3.63) is 0 Å². The summed E-state index contributed by atoms with van der Waals surface area (Å²) in [7, 11) is 0. The van der Waals surface area contributed by atoms with Crippen LogP contribution in [0.15, 0.2) is 0 Å². The third-order valence-corrected chi connectivity index (χ3v) is 2.92. The molecule has 0 aromatic rings. The molecule has 0 radical (unpaired) electrons. The SMILES string of the molecule is CCCC(C=O)C1CCCCC1=O. The van der Waals surface area contributed by atoms with Gasteiger partial charge in [0, 0.05) is 18.3 Å². The molecular formula is C11H18O2. The Kier molecular flexibility index (Phi) is 4.13. The lowest BCUT2D eigenvalue weighted by Crippen LogP contribution is -2.27. The van der Waals surface area contributed by atoms with Gasteiger partial charge >= 0.3 is 0 Å². The fourth-order valence-corrected chi connectivity index (χ4v) is 2.16. The van der Waals surface area contributed by atoms with Gasteiger partial charge in [-0.05, 0) is 19.3 Å². The predicted molar refractivity (Wildman–Crippen MR) is 51.4 cm³/mol. The van der Waals surface area contributed by atoms with Crippen molar-refractivity contribution in [1.29, 1.82) is 0 Å². The summed E-state index contributed by atoms with van der Waals surface area (Å²) in [5.41, 5.74) is 0. The molecule has 0 saturated heterocycles. The van der Waals surface area contributed by atoms with Crippen LogP contribution >= 0.6 is 0 Å². The van der Waals surface area contributed by atoms with Gasteiger partial charge in [-0.1, -0.05) is 19.8 Å². The summed E-state index contributed by atoms with van der Waals surface area (Å²) in [5.74, 6) is 0.362. The van der Waals surface area contributed by atoms with E-state index in [1.54, 1.807) is 0 Å². The number of aldehydes is 1. The van der Waals surface area contributed by atoms with Crippen LogP contribution < -0.4 is 0 Å². The van der Waals surface area contributed by atoms with E-state index in [2.05, 4.69) is 6.92 Å². The van der Waals surface area contributed by atoms with E-state index in [9.17, 15) is 9.59 Å². The molecule has 74 valence electrons. The minimum absolute atomic E-state index is 0.00204. The van der Waals surface area contributed by atoms with E-state index in [1.807, 2.05) is 0 Å². The van der Waals surface area contributed by atoms with Crippen LogP contribution in [0.3, 0.4) is 0 Å². The highest BCUT2D eigenvalue weighted by atomic mass is 16.1. The van der Waals surface area contributed by atoms with E-state index in [-0.39, 0.29) is 11.8 Å². The van der Waals surface area contributed by atoms with E-state index >= 15 is 0 Å². The summed E-state index contributed by atoms with van der Waals surface area (Å²) in [6.07, 6.45) is 6.61. The minimum atomic E-state index is -0.00204. The zero-order chi connectivity index (χ0) is 9.68. The zero-order valence-corrected chi connectivity index (χ0v) is 8.29. The maximum absolute atomic E-state index is 11.5. The van der Waals surface area contributed by atoms with Crippen molar-refractivity contribution in [3.63, 3.8) is 0 Å². The van der Waals surface area contributed by atoms with Gasteiger partial charge in [-0.25, -0.2) is 0 Å². The van der Waals surface area contributed by atoms with Crippen LogP contribution in [-0.4, -0.2) is 12.1 Å². The Hall–Kier alpha value is -0.660. The van der Waals surface area contributed by atoms with Crippen LogP contribution in [0.5, 0.6) is 0 Å². The monoisotopic (exact) mass is 182 g/mol. The molecule has 1 aliphatic carbocycles. The zero-order valence-electron chi connectivity index (χ0n) is 8.29. The van der Waals surface area contributed by atoms with Gasteiger partial charge in [-0.15, -0.1) is 0 Å². The first kappa shape index (κ1) is 10.4. The number of carbonyl (C=O) groups is 2. The first-order valence-corrected chi connectivity index (χ1v) is 5.27. The molecule has 0 heterocycles. The lowest BCUT2D eigenvalue weighted by atomic mass is 9.78. The summed E-state index contributed by atoms with van der Waals surface area (Å²) in [6, 6.07) is 0. The normalized spacial score (nSPS) is 25.6. The number of Topliss-reactive ketones (excluding diaryl/α,β-unsaturated/α-hetero) is 1. The van der Waals surface area contributed by atoms with Crippen LogP contribution in [0.2, 0.25) is 0 Å². The van der Waals surface area contributed by atoms with Crippen LogP contribution in [-0.2, 0) is 9.59 Å². The molecule has 1 saturated carbocycles. The molecular weight excluding hydrogens is 164 g/mol. The molecule has 2 nitrogen and oxygen atoms in total. The van der Waals surface area contributed by atoms with Crippen LogP contribution in [0, 0.1) is 11.8 Å². The maximum Gasteiger partial charge on any atom is 0.136 e. The van der Waals surface area contributed by atoms with Crippen LogP contribution in [0.4, 0.5) is 0 Å². The summed E-state index contributed by atoms with van der Waals surface area (Å²) in [4.78, 5) is 22.3. The van der Waals surface area contributed by atoms with E-state index in [1.165, 1.54) is 0 Å². The number of ketones is 1. The van der Waals surface area contributed by atoms with Gasteiger partial charge in [0.25, 0.3) is 0 Å². The van der Waals surface area contributed by atoms with E-state index in [0.717, 1.165) is 38.4 Å². The molecule has 1 aliphatic rings. The molecule has 0 N–H and O–H groups in total. The van der Waals surface area contributed by atoms with Crippen molar-refractivity contribution in [3.8, 4) is 0 Å². The van der Waals surface area contributed by atoms with Gasteiger partial charge in [0.15, 0.2) is 0 Å². The highest BCUT2D eigenvalue weighted by Crippen LogP contribution is 2.28. The standard InChI is InChI=1S/C11H18O2/c1-2-5-9(8-12)10-6-3-4-7-11(10)13/h8-10H,2-7H2,1H3. The molecule has 2 heteroatoms. The molecule has 0 bridgehead atoms. The highest BCUT2D eigenvalue weighted by molar-refractivity contribution is 5.84. The Morgan fingerprint density at radius 3 is 2.85 bits per heavy atom. The topological polar surface area (TPSA) is 34.1 Å². The molecule has 0 spiro atoms. The Labute approximate surface area is 79.7 Å². The third kappa shape index (κ3) is 2.64. The smallest absolute Gasteiger partial charge is 0.136 e. The molecule has 13 heavy (non-hydrogen) atoms. The van der Waals surface area contributed by atoms with Gasteiger partial charge in [0.1, 0.15) is 12.1 Å².